The number of carbonyl (C=O) groups is 1. The molecule has 3 atom stereocenters. The number of nitrogens with zero attached hydrogens (tertiary/aromatic N) is 2. The smallest absolute Gasteiger partial charge is 0.259 e. The van der Waals surface area contributed by atoms with E-state index in [0.29, 0.717) is 40.6 Å². The molecular weight excluding hydrogens is 356 g/mol. The van der Waals surface area contributed by atoms with Crippen molar-refractivity contribution in [2.45, 2.75) is 50.1 Å². The summed E-state index contributed by atoms with van der Waals surface area (Å²) < 4.78 is 11.0. The Bertz CT molecular complexity index is 1040. The Hall–Kier alpha value is -2.67. The highest BCUT2D eigenvalue weighted by Crippen LogP contribution is 2.43. The molecule has 1 aliphatic heterocycles. The molecule has 144 valence electrons. The van der Waals surface area contributed by atoms with Crippen molar-refractivity contribution in [3.8, 4) is 11.5 Å². The fourth-order valence-electron chi connectivity index (χ4n) is 4.77. The van der Waals surface area contributed by atoms with Crippen molar-refractivity contribution in [1.82, 2.24) is 20.8 Å². The minimum Gasteiger partial charge on any atom is -0.463 e. The maximum absolute atomic E-state index is 13.4. The highest BCUT2D eigenvalue weighted by Gasteiger charge is 2.37. The summed E-state index contributed by atoms with van der Waals surface area (Å²) in [6.07, 6.45) is 7.05. The molecule has 3 aromatic heterocycles. The fraction of sp³-hybridized carbons (Fsp3) is 0.476. The molecule has 7 heteroatoms. The number of hydrogen-bond acceptors (Lipinski definition) is 6. The van der Waals surface area contributed by atoms with Gasteiger partial charge in [-0.15, -0.1) is 0 Å². The average Bonchev–Trinajstić information content (AvgIpc) is 3.11. The molecule has 3 unspecified atom stereocenters. The molecule has 28 heavy (non-hydrogen) atoms. The predicted molar refractivity (Wildman–Crippen MR) is 102 cm³/mol. The van der Waals surface area contributed by atoms with Crippen molar-refractivity contribution in [2.75, 3.05) is 6.54 Å². The molecule has 1 saturated heterocycles. The first kappa shape index (κ1) is 16.3. The first-order chi connectivity index (χ1) is 13.8. The summed E-state index contributed by atoms with van der Waals surface area (Å²) in [5, 5.41) is 11.9. The fourth-order valence-corrected chi connectivity index (χ4v) is 4.77. The van der Waals surface area contributed by atoms with Crippen LogP contribution in [-0.2, 0) is 0 Å². The maximum atomic E-state index is 13.4. The summed E-state index contributed by atoms with van der Waals surface area (Å²) >= 11 is 0. The Morgan fingerprint density at radius 2 is 2.18 bits per heavy atom. The zero-order valence-corrected chi connectivity index (χ0v) is 15.5. The lowest BCUT2D eigenvalue weighted by Crippen LogP contribution is -2.42. The van der Waals surface area contributed by atoms with Crippen LogP contribution in [0.2, 0.25) is 0 Å². The largest absolute Gasteiger partial charge is 0.463 e. The van der Waals surface area contributed by atoms with E-state index in [1.54, 1.807) is 6.26 Å². The number of carbonyl (C=O) groups excluding carboxylic acids is 1. The molecule has 0 radical (unpaired) electrons. The number of rotatable bonds is 4. The Morgan fingerprint density at radius 3 is 3.00 bits per heavy atom. The molecule has 3 fully saturated rings. The molecular formula is C21H22N4O3. The number of fused-ring (bicyclic) bond motifs is 3. The van der Waals surface area contributed by atoms with Gasteiger partial charge in [-0.3, -0.25) is 4.79 Å². The number of amides is 1. The molecule has 1 amide bonds. The lowest BCUT2D eigenvalue weighted by atomic mass is 9.85. The van der Waals surface area contributed by atoms with Crippen molar-refractivity contribution in [3.63, 3.8) is 0 Å². The van der Waals surface area contributed by atoms with Gasteiger partial charge in [0, 0.05) is 24.5 Å². The van der Waals surface area contributed by atoms with Gasteiger partial charge in [-0.2, -0.15) is 0 Å². The summed E-state index contributed by atoms with van der Waals surface area (Å²) in [4.78, 5) is 17.9. The van der Waals surface area contributed by atoms with Crippen molar-refractivity contribution >= 4 is 17.0 Å². The minimum absolute atomic E-state index is 0.0688. The summed E-state index contributed by atoms with van der Waals surface area (Å²) in [5.74, 6) is 1.43. The average molecular weight is 378 g/mol. The van der Waals surface area contributed by atoms with E-state index in [9.17, 15) is 4.79 Å². The Balaban J connectivity index is 1.41. The SMILES string of the molecule is O=C(NC1CCC2CC1CN2)c1cc(-c2ccco2)nc2onc(C3CC3)c12. The molecule has 2 aliphatic carbocycles. The van der Waals surface area contributed by atoms with Crippen LogP contribution in [0.5, 0.6) is 0 Å². The highest BCUT2D eigenvalue weighted by molar-refractivity contribution is 6.07. The van der Waals surface area contributed by atoms with E-state index < -0.39 is 0 Å². The third kappa shape index (κ3) is 2.64. The molecule has 2 saturated carbocycles. The Kier molecular flexibility index (Phi) is 3.59. The van der Waals surface area contributed by atoms with E-state index in [-0.39, 0.29) is 11.9 Å². The van der Waals surface area contributed by atoms with Crippen LogP contribution in [0.25, 0.3) is 22.6 Å². The molecule has 6 rings (SSSR count). The van der Waals surface area contributed by atoms with E-state index in [4.69, 9.17) is 8.94 Å². The number of nitrogens with one attached hydrogen (secondary N) is 2. The highest BCUT2D eigenvalue weighted by atomic mass is 16.5. The van der Waals surface area contributed by atoms with E-state index in [1.807, 2.05) is 18.2 Å². The molecule has 7 nitrogen and oxygen atoms in total. The second-order valence-electron chi connectivity index (χ2n) is 8.31. The minimum atomic E-state index is -0.0688. The quantitative estimate of drug-likeness (QED) is 0.724. The van der Waals surface area contributed by atoms with Crippen LogP contribution in [0.4, 0.5) is 0 Å². The summed E-state index contributed by atoms with van der Waals surface area (Å²) in [6.45, 7) is 0.986. The van der Waals surface area contributed by atoms with Gasteiger partial charge >= 0.3 is 0 Å². The number of hydrogen-bond donors (Lipinski definition) is 2. The molecule has 3 aromatic rings. The van der Waals surface area contributed by atoms with Gasteiger partial charge in [-0.05, 0) is 56.2 Å². The van der Waals surface area contributed by atoms with Gasteiger partial charge in [-0.1, -0.05) is 5.16 Å². The van der Waals surface area contributed by atoms with Gasteiger partial charge in [0.05, 0.1) is 22.9 Å². The first-order valence-electron chi connectivity index (χ1n) is 10.1. The second kappa shape index (κ2) is 6.17. The monoisotopic (exact) mass is 378 g/mol. The van der Waals surface area contributed by atoms with E-state index in [1.165, 1.54) is 0 Å². The standard InChI is InChI=1S/C21H22N4O3/c26-20(23-15-6-5-13-8-12(15)10-22-13)14-9-16(17-2-1-7-27-17)24-21-18(14)19(25-28-21)11-3-4-11/h1-2,7,9,11-13,15,22H,3-6,8,10H2,(H,23,26). The van der Waals surface area contributed by atoms with Crippen molar-refractivity contribution in [1.29, 1.82) is 0 Å². The maximum Gasteiger partial charge on any atom is 0.259 e. The van der Waals surface area contributed by atoms with Crippen molar-refractivity contribution in [3.05, 3.63) is 35.7 Å². The van der Waals surface area contributed by atoms with E-state index in [2.05, 4.69) is 20.8 Å². The van der Waals surface area contributed by atoms with Gasteiger partial charge in [0.15, 0.2) is 5.76 Å². The van der Waals surface area contributed by atoms with Gasteiger partial charge in [-0.25, -0.2) is 4.98 Å². The molecule has 2 N–H and O–H groups in total. The van der Waals surface area contributed by atoms with Gasteiger partial charge in [0.2, 0.25) is 0 Å². The van der Waals surface area contributed by atoms with Gasteiger partial charge in [0.25, 0.3) is 11.6 Å². The van der Waals surface area contributed by atoms with Crippen LogP contribution < -0.4 is 10.6 Å². The first-order valence-corrected chi connectivity index (χ1v) is 10.1. The second-order valence-corrected chi connectivity index (χ2v) is 8.31. The Morgan fingerprint density at radius 1 is 1.25 bits per heavy atom. The van der Waals surface area contributed by atoms with Crippen LogP contribution in [0, 0.1) is 5.92 Å². The lowest BCUT2D eigenvalue weighted by Gasteiger charge is -2.28. The van der Waals surface area contributed by atoms with Crippen LogP contribution in [-0.4, -0.2) is 34.7 Å². The lowest BCUT2D eigenvalue weighted by molar-refractivity contribution is 0.0916. The molecule has 2 bridgehead atoms. The molecule has 4 heterocycles. The third-order valence-electron chi connectivity index (χ3n) is 6.42. The predicted octanol–water partition coefficient (Wildman–Crippen LogP) is 3.23. The van der Waals surface area contributed by atoms with E-state index in [0.717, 1.165) is 49.7 Å². The topological polar surface area (TPSA) is 93.2 Å². The number of aromatic nitrogens is 2. The molecule has 3 aliphatic rings. The third-order valence-corrected chi connectivity index (χ3v) is 6.42. The molecule has 0 spiro atoms. The zero-order chi connectivity index (χ0) is 18.7. The normalized spacial score (nSPS) is 26.6. The van der Waals surface area contributed by atoms with Crippen molar-refractivity contribution in [2.24, 2.45) is 5.92 Å². The van der Waals surface area contributed by atoms with Crippen LogP contribution >= 0.6 is 0 Å². The summed E-state index contributed by atoms with van der Waals surface area (Å²) in [7, 11) is 0. The van der Waals surface area contributed by atoms with Crippen LogP contribution in [0.3, 0.4) is 0 Å². The zero-order valence-electron chi connectivity index (χ0n) is 15.5. The number of pyridine rings is 1. The van der Waals surface area contributed by atoms with Crippen molar-refractivity contribution < 1.29 is 13.7 Å². The number of furan rings is 1. The van der Waals surface area contributed by atoms with Crippen LogP contribution in [0.1, 0.15) is 54.1 Å². The molecule has 0 aromatic carbocycles. The van der Waals surface area contributed by atoms with Gasteiger partial charge in [0.1, 0.15) is 5.69 Å². The Labute approximate surface area is 161 Å². The summed E-state index contributed by atoms with van der Waals surface area (Å²) in [6, 6.07) is 6.29. The van der Waals surface area contributed by atoms with E-state index >= 15 is 0 Å². The summed E-state index contributed by atoms with van der Waals surface area (Å²) in [5.41, 5.74) is 2.46. The van der Waals surface area contributed by atoms with Gasteiger partial charge < -0.3 is 19.6 Å². The van der Waals surface area contributed by atoms with Crippen LogP contribution in [0.15, 0.2) is 33.4 Å².